The van der Waals surface area contributed by atoms with Gasteiger partial charge in [-0.05, 0) is 24.6 Å². The molecule has 0 heterocycles. The number of carboxylic acids is 2. The number of thioether (sulfide) groups is 1. The van der Waals surface area contributed by atoms with Gasteiger partial charge in [0.15, 0.2) is 0 Å². The summed E-state index contributed by atoms with van der Waals surface area (Å²) in [6.45, 7) is 1.87. The van der Waals surface area contributed by atoms with E-state index in [2.05, 4.69) is 0 Å². The number of benzene rings is 1. The number of aliphatic carboxylic acids is 1. The molecule has 86 valence electrons. The third kappa shape index (κ3) is 3.58. The van der Waals surface area contributed by atoms with Gasteiger partial charge in [-0.2, -0.15) is 0 Å². The standard InChI is InChI=1S/C11H12O4S/c1-7-2-3-8(11(14)15)6-9(7)16-5-4-10(12)13/h2-3,6H,4-5H2,1H3,(H,12,13)(H,14,15). The summed E-state index contributed by atoms with van der Waals surface area (Å²) in [7, 11) is 0. The van der Waals surface area contributed by atoms with Gasteiger partial charge in [0.1, 0.15) is 0 Å². The first-order chi connectivity index (χ1) is 7.50. The van der Waals surface area contributed by atoms with Crippen LogP contribution in [0, 0.1) is 6.92 Å². The molecule has 5 heteroatoms. The number of carbonyl (C=O) groups is 2. The highest BCUT2D eigenvalue weighted by atomic mass is 32.2. The van der Waals surface area contributed by atoms with Gasteiger partial charge in [-0.25, -0.2) is 4.79 Å². The van der Waals surface area contributed by atoms with Gasteiger partial charge in [0.05, 0.1) is 12.0 Å². The fourth-order valence-electron chi connectivity index (χ4n) is 1.14. The summed E-state index contributed by atoms with van der Waals surface area (Å²) in [5.74, 6) is -1.38. The first-order valence-corrected chi connectivity index (χ1v) is 5.68. The first-order valence-electron chi connectivity index (χ1n) is 4.69. The van der Waals surface area contributed by atoms with Crippen molar-refractivity contribution in [3.63, 3.8) is 0 Å². The molecule has 0 aliphatic carbocycles. The van der Waals surface area contributed by atoms with Gasteiger partial charge in [-0.3, -0.25) is 4.79 Å². The number of hydrogen-bond acceptors (Lipinski definition) is 3. The first kappa shape index (κ1) is 12.6. The Hall–Kier alpha value is -1.49. The topological polar surface area (TPSA) is 74.6 Å². The van der Waals surface area contributed by atoms with Crippen molar-refractivity contribution in [2.45, 2.75) is 18.2 Å². The summed E-state index contributed by atoms with van der Waals surface area (Å²) >= 11 is 1.36. The van der Waals surface area contributed by atoms with Crippen molar-refractivity contribution in [2.75, 3.05) is 5.75 Å². The molecule has 1 aromatic rings. The van der Waals surface area contributed by atoms with Crippen LogP contribution in [0.1, 0.15) is 22.3 Å². The lowest BCUT2D eigenvalue weighted by Gasteiger charge is -2.05. The number of carboxylic acid groups (broad SMARTS) is 2. The molecule has 4 nitrogen and oxygen atoms in total. The molecule has 0 saturated heterocycles. The molecule has 0 saturated carbocycles. The molecule has 0 atom stereocenters. The van der Waals surface area contributed by atoms with Gasteiger partial charge in [0.25, 0.3) is 0 Å². The summed E-state index contributed by atoms with van der Waals surface area (Å²) in [4.78, 5) is 21.9. The van der Waals surface area contributed by atoms with Gasteiger partial charge >= 0.3 is 11.9 Å². The average molecular weight is 240 g/mol. The zero-order valence-corrected chi connectivity index (χ0v) is 9.58. The van der Waals surface area contributed by atoms with E-state index in [9.17, 15) is 9.59 Å². The Morgan fingerprint density at radius 1 is 1.31 bits per heavy atom. The van der Waals surface area contributed by atoms with Crippen molar-refractivity contribution in [3.8, 4) is 0 Å². The Kier molecular flexibility index (Phi) is 4.37. The van der Waals surface area contributed by atoms with E-state index in [1.807, 2.05) is 6.92 Å². The van der Waals surface area contributed by atoms with Gasteiger partial charge in [-0.1, -0.05) is 6.07 Å². The monoisotopic (exact) mass is 240 g/mol. The largest absolute Gasteiger partial charge is 0.481 e. The van der Waals surface area contributed by atoms with Crippen molar-refractivity contribution in [1.82, 2.24) is 0 Å². The Morgan fingerprint density at radius 3 is 2.56 bits per heavy atom. The normalized spacial score (nSPS) is 10.1. The van der Waals surface area contributed by atoms with Gasteiger partial charge in [0, 0.05) is 10.6 Å². The molecule has 0 fully saturated rings. The molecule has 0 amide bonds. The molecule has 1 rings (SSSR count). The molecule has 0 aliphatic heterocycles. The summed E-state index contributed by atoms with van der Waals surface area (Å²) in [6.07, 6.45) is 0.0708. The van der Waals surface area contributed by atoms with Crippen LogP contribution in [0.2, 0.25) is 0 Å². The van der Waals surface area contributed by atoms with Crippen LogP contribution in [-0.2, 0) is 4.79 Å². The minimum atomic E-state index is -0.972. The summed E-state index contributed by atoms with van der Waals surface area (Å²) in [6, 6.07) is 4.84. The maximum Gasteiger partial charge on any atom is 0.335 e. The van der Waals surface area contributed by atoms with E-state index in [0.717, 1.165) is 10.5 Å². The molecule has 16 heavy (non-hydrogen) atoms. The van der Waals surface area contributed by atoms with Crippen LogP contribution in [0.4, 0.5) is 0 Å². The predicted molar refractivity (Wildman–Crippen MR) is 61.1 cm³/mol. The van der Waals surface area contributed by atoms with Gasteiger partial charge in [0.2, 0.25) is 0 Å². The second-order valence-corrected chi connectivity index (χ2v) is 4.41. The molecule has 0 radical (unpaired) electrons. The summed E-state index contributed by atoms with van der Waals surface area (Å²) in [5, 5.41) is 17.3. The molecular formula is C11H12O4S. The van der Waals surface area contributed by atoms with Crippen LogP contribution in [0.3, 0.4) is 0 Å². The Balaban J connectivity index is 2.74. The van der Waals surface area contributed by atoms with Crippen molar-refractivity contribution in [1.29, 1.82) is 0 Å². The zero-order valence-electron chi connectivity index (χ0n) is 8.77. The van der Waals surface area contributed by atoms with Crippen LogP contribution < -0.4 is 0 Å². The smallest absolute Gasteiger partial charge is 0.335 e. The third-order valence-electron chi connectivity index (χ3n) is 2.01. The second-order valence-electron chi connectivity index (χ2n) is 3.28. The van der Waals surface area contributed by atoms with E-state index in [0.29, 0.717) is 5.75 Å². The molecular weight excluding hydrogens is 228 g/mol. The molecule has 2 N–H and O–H groups in total. The highest BCUT2D eigenvalue weighted by Gasteiger charge is 2.07. The molecule has 0 spiro atoms. The molecule has 0 bridgehead atoms. The lowest BCUT2D eigenvalue weighted by Crippen LogP contribution is -1.98. The van der Waals surface area contributed by atoms with E-state index in [-0.39, 0.29) is 12.0 Å². The van der Waals surface area contributed by atoms with Crippen LogP contribution in [0.5, 0.6) is 0 Å². The quantitative estimate of drug-likeness (QED) is 0.772. The van der Waals surface area contributed by atoms with Gasteiger partial charge in [-0.15, -0.1) is 11.8 Å². The Labute approximate surface area is 97.3 Å². The minimum Gasteiger partial charge on any atom is -0.481 e. The van der Waals surface area contributed by atoms with E-state index in [1.54, 1.807) is 18.2 Å². The number of hydrogen-bond donors (Lipinski definition) is 2. The van der Waals surface area contributed by atoms with Crippen molar-refractivity contribution >= 4 is 23.7 Å². The van der Waals surface area contributed by atoms with Crippen LogP contribution in [0.25, 0.3) is 0 Å². The lowest BCUT2D eigenvalue weighted by atomic mass is 10.1. The van der Waals surface area contributed by atoms with Crippen LogP contribution in [0.15, 0.2) is 23.1 Å². The van der Waals surface area contributed by atoms with E-state index < -0.39 is 11.9 Å². The highest BCUT2D eigenvalue weighted by Crippen LogP contribution is 2.24. The van der Waals surface area contributed by atoms with Crippen LogP contribution >= 0.6 is 11.8 Å². The summed E-state index contributed by atoms with van der Waals surface area (Å²) < 4.78 is 0. The summed E-state index contributed by atoms with van der Waals surface area (Å²) in [5.41, 5.74) is 1.18. The molecule has 0 aromatic heterocycles. The fraction of sp³-hybridized carbons (Fsp3) is 0.273. The van der Waals surface area contributed by atoms with E-state index in [1.165, 1.54) is 11.8 Å². The third-order valence-corrected chi connectivity index (χ3v) is 3.17. The van der Waals surface area contributed by atoms with Crippen LogP contribution in [-0.4, -0.2) is 27.9 Å². The second kappa shape index (κ2) is 5.55. The average Bonchev–Trinajstić information content (AvgIpc) is 2.20. The maximum atomic E-state index is 10.7. The Bertz CT molecular complexity index is 414. The fourth-order valence-corrected chi connectivity index (χ4v) is 2.14. The molecule has 1 aromatic carbocycles. The lowest BCUT2D eigenvalue weighted by molar-refractivity contribution is -0.136. The van der Waals surface area contributed by atoms with Crippen molar-refractivity contribution in [2.24, 2.45) is 0 Å². The Morgan fingerprint density at radius 2 is 2.00 bits per heavy atom. The zero-order chi connectivity index (χ0) is 12.1. The number of aryl methyl sites for hydroxylation is 1. The SMILES string of the molecule is Cc1ccc(C(=O)O)cc1SCCC(=O)O. The number of rotatable bonds is 5. The maximum absolute atomic E-state index is 10.7. The molecule has 0 aliphatic rings. The predicted octanol–water partition coefficient (Wildman–Crippen LogP) is 2.26. The number of aromatic carboxylic acids is 1. The van der Waals surface area contributed by atoms with Gasteiger partial charge < -0.3 is 10.2 Å². The molecule has 0 unspecified atom stereocenters. The van der Waals surface area contributed by atoms with E-state index in [4.69, 9.17) is 10.2 Å². The van der Waals surface area contributed by atoms with E-state index >= 15 is 0 Å². The minimum absolute atomic E-state index is 0.0708. The van der Waals surface area contributed by atoms with Crippen molar-refractivity contribution < 1.29 is 19.8 Å². The van der Waals surface area contributed by atoms with Crippen molar-refractivity contribution in [3.05, 3.63) is 29.3 Å². The highest BCUT2D eigenvalue weighted by molar-refractivity contribution is 7.99.